The average molecular weight is 560 g/mol. The Bertz CT molecular complexity index is 1840. The minimum Gasteiger partial charge on any atom is -0.359 e. The van der Waals surface area contributed by atoms with Gasteiger partial charge in [0.15, 0.2) is 0 Å². The number of aromatic amines is 2. The van der Waals surface area contributed by atoms with Crippen molar-refractivity contribution in [2.75, 3.05) is 13.1 Å². The number of hydrogen-bond donors (Lipinski definition) is 4. The topological polar surface area (TPSA) is 94.3 Å². The maximum absolute atomic E-state index is 14.0. The third-order valence-electron chi connectivity index (χ3n) is 7.80. The summed E-state index contributed by atoms with van der Waals surface area (Å²) in [5.41, 5.74) is 9.16. The Balaban J connectivity index is 1.30. The summed E-state index contributed by atoms with van der Waals surface area (Å²) < 4.78 is 14.0. The molecule has 4 N–H and O–H groups in total. The van der Waals surface area contributed by atoms with Crippen LogP contribution in [0.2, 0.25) is 0 Å². The fourth-order valence-corrected chi connectivity index (χ4v) is 5.62. The molecule has 5 heterocycles. The van der Waals surface area contributed by atoms with E-state index in [1.165, 1.54) is 25.0 Å². The van der Waals surface area contributed by atoms with Gasteiger partial charge in [0.2, 0.25) is 0 Å². The van der Waals surface area contributed by atoms with Crippen molar-refractivity contribution in [3.63, 3.8) is 0 Å². The maximum Gasteiger partial charge on any atom is 0.135 e. The molecule has 1 saturated heterocycles. The Kier molecular flexibility index (Phi) is 7.79. The zero-order chi connectivity index (χ0) is 29.1. The second-order valence-corrected chi connectivity index (χ2v) is 10.7. The summed E-state index contributed by atoms with van der Waals surface area (Å²) >= 11 is 0. The smallest absolute Gasteiger partial charge is 0.135 e. The number of hydrogen-bond acceptors (Lipinski definition) is 5. The van der Waals surface area contributed by atoms with Crippen molar-refractivity contribution in [1.29, 1.82) is 0 Å². The molecule has 1 aromatic carbocycles. The van der Waals surface area contributed by atoms with E-state index in [4.69, 9.17) is 4.98 Å². The van der Waals surface area contributed by atoms with Crippen molar-refractivity contribution in [3.05, 3.63) is 109 Å². The predicted octanol–water partition coefficient (Wildman–Crippen LogP) is 7.27. The lowest BCUT2D eigenvalue weighted by atomic mass is 9.93. The number of piperidine rings is 1. The highest BCUT2D eigenvalue weighted by Gasteiger charge is 2.17. The van der Waals surface area contributed by atoms with Gasteiger partial charge >= 0.3 is 0 Å². The monoisotopic (exact) mass is 559 g/mol. The molecular weight excluding hydrogens is 525 g/mol. The van der Waals surface area contributed by atoms with Gasteiger partial charge in [-0.15, -0.1) is 0 Å². The molecule has 0 amide bonds. The molecule has 4 aromatic heterocycles. The summed E-state index contributed by atoms with van der Waals surface area (Å²) in [4.78, 5) is 12.8. The number of pyridine rings is 2. The molecule has 0 atom stereocenters. The van der Waals surface area contributed by atoms with Crippen LogP contribution in [-0.4, -0.2) is 38.2 Å². The SMILES string of the molecule is C=C/C(=C\C(=C/C)c1ccc2[nH]nc(-c3cc4c(-c5cccc(F)c5)cncc4[nH]3)c2n1)NC(=C)CC1CCNCC1. The molecule has 0 bridgehead atoms. The van der Waals surface area contributed by atoms with E-state index in [9.17, 15) is 4.39 Å². The summed E-state index contributed by atoms with van der Waals surface area (Å²) in [6.45, 7) is 12.4. The third kappa shape index (κ3) is 5.66. The Labute approximate surface area is 244 Å². The van der Waals surface area contributed by atoms with Gasteiger partial charge in [-0.3, -0.25) is 10.1 Å². The van der Waals surface area contributed by atoms with Crippen LogP contribution in [0.25, 0.3) is 50.0 Å². The summed E-state index contributed by atoms with van der Waals surface area (Å²) in [6, 6.07) is 12.5. The highest BCUT2D eigenvalue weighted by molar-refractivity contribution is 6.00. The molecule has 0 aliphatic carbocycles. The fraction of sp³-hybridized carbons (Fsp3) is 0.206. The number of allylic oxidation sites excluding steroid dienone is 5. The van der Waals surface area contributed by atoms with Crippen LogP contribution < -0.4 is 10.6 Å². The van der Waals surface area contributed by atoms with Crippen molar-refractivity contribution in [2.45, 2.75) is 26.2 Å². The molecular formula is C34H34FN7. The molecule has 1 aliphatic heterocycles. The molecule has 42 heavy (non-hydrogen) atoms. The van der Waals surface area contributed by atoms with Crippen molar-refractivity contribution >= 4 is 27.5 Å². The summed E-state index contributed by atoms with van der Waals surface area (Å²) in [6.07, 6.45) is 12.7. The number of nitrogens with zero attached hydrogens (tertiary/aromatic N) is 3. The maximum atomic E-state index is 14.0. The Hall–Kier alpha value is -4.82. The molecule has 5 aromatic rings. The van der Waals surface area contributed by atoms with Gasteiger partial charge in [-0.2, -0.15) is 5.10 Å². The van der Waals surface area contributed by atoms with Crippen LogP contribution in [0.3, 0.4) is 0 Å². The van der Waals surface area contributed by atoms with Crippen molar-refractivity contribution < 1.29 is 4.39 Å². The minimum absolute atomic E-state index is 0.287. The van der Waals surface area contributed by atoms with E-state index in [0.29, 0.717) is 11.6 Å². The Morgan fingerprint density at radius 2 is 1.98 bits per heavy atom. The second kappa shape index (κ2) is 12.0. The van der Waals surface area contributed by atoms with Gasteiger partial charge < -0.3 is 15.6 Å². The van der Waals surface area contributed by atoms with Gasteiger partial charge in [0, 0.05) is 28.5 Å². The first-order valence-corrected chi connectivity index (χ1v) is 14.3. The largest absolute Gasteiger partial charge is 0.359 e. The van der Waals surface area contributed by atoms with Crippen LogP contribution in [0.5, 0.6) is 0 Å². The standard InChI is InChI=1S/C34H34FN7/c1-4-23(17-26(5-2)38-21(3)15-22-11-13-36-14-12-22)29-9-10-30-33(40-29)34(42-41-30)31-18-27-28(19-37-20-32(27)39-31)24-7-6-8-25(35)16-24/h4-10,16-20,22,36,38-39H,2-3,11-15H2,1H3,(H,41,42)/b23-4+,26-17+. The van der Waals surface area contributed by atoms with Gasteiger partial charge in [0.05, 0.1) is 28.6 Å². The molecule has 0 radical (unpaired) electrons. The first-order chi connectivity index (χ1) is 20.5. The molecule has 8 heteroatoms. The number of H-pyrrole nitrogens is 2. The average Bonchev–Trinajstić information content (AvgIpc) is 3.63. The normalized spacial score (nSPS) is 14.9. The summed E-state index contributed by atoms with van der Waals surface area (Å²) in [7, 11) is 0. The highest BCUT2D eigenvalue weighted by atomic mass is 19.1. The molecule has 1 aliphatic rings. The number of rotatable bonds is 9. The fourth-order valence-electron chi connectivity index (χ4n) is 5.62. The summed E-state index contributed by atoms with van der Waals surface area (Å²) in [5.74, 6) is 0.359. The Morgan fingerprint density at radius 1 is 1.12 bits per heavy atom. The van der Waals surface area contributed by atoms with E-state index < -0.39 is 0 Å². The van der Waals surface area contributed by atoms with Crippen LogP contribution in [0.4, 0.5) is 4.39 Å². The molecule has 0 spiro atoms. The number of benzene rings is 1. The van der Waals surface area contributed by atoms with E-state index in [1.807, 2.05) is 43.3 Å². The number of fused-ring (bicyclic) bond motifs is 2. The molecule has 212 valence electrons. The lowest BCUT2D eigenvalue weighted by Crippen LogP contribution is -2.28. The second-order valence-electron chi connectivity index (χ2n) is 10.7. The number of nitrogens with one attached hydrogen (secondary N) is 4. The van der Waals surface area contributed by atoms with E-state index >= 15 is 0 Å². The zero-order valence-corrected chi connectivity index (χ0v) is 23.7. The predicted molar refractivity (Wildman–Crippen MR) is 169 cm³/mol. The third-order valence-corrected chi connectivity index (χ3v) is 7.80. The van der Waals surface area contributed by atoms with Crippen molar-refractivity contribution in [2.24, 2.45) is 5.92 Å². The van der Waals surface area contributed by atoms with Crippen LogP contribution >= 0.6 is 0 Å². The van der Waals surface area contributed by atoms with Gasteiger partial charge in [0.1, 0.15) is 17.0 Å². The van der Waals surface area contributed by atoms with Crippen LogP contribution in [0.1, 0.15) is 31.9 Å². The minimum atomic E-state index is -0.287. The lowest BCUT2D eigenvalue weighted by Gasteiger charge is -2.24. The van der Waals surface area contributed by atoms with E-state index in [1.54, 1.807) is 18.5 Å². The molecule has 7 nitrogen and oxygen atoms in total. The molecule has 6 rings (SSSR count). The van der Waals surface area contributed by atoms with Crippen LogP contribution in [0.15, 0.2) is 97.6 Å². The van der Waals surface area contributed by atoms with Gasteiger partial charge in [-0.1, -0.05) is 31.4 Å². The molecule has 1 fully saturated rings. The van der Waals surface area contributed by atoms with Gasteiger partial charge in [-0.25, -0.2) is 9.37 Å². The van der Waals surface area contributed by atoms with E-state index in [-0.39, 0.29) is 5.82 Å². The van der Waals surface area contributed by atoms with E-state index in [0.717, 1.165) is 80.9 Å². The quantitative estimate of drug-likeness (QED) is 0.143. The Morgan fingerprint density at radius 3 is 2.76 bits per heavy atom. The van der Waals surface area contributed by atoms with Crippen molar-refractivity contribution in [3.8, 4) is 22.5 Å². The van der Waals surface area contributed by atoms with Gasteiger partial charge in [0.25, 0.3) is 0 Å². The number of aromatic nitrogens is 5. The molecule has 0 unspecified atom stereocenters. The first-order valence-electron chi connectivity index (χ1n) is 14.3. The van der Waals surface area contributed by atoms with Gasteiger partial charge in [-0.05, 0) is 98.8 Å². The lowest BCUT2D eigenvalue weighted by molar-refractivity contribution is 0.368. The van der Waals surface area contributed by atoms with Crippen LogP contribution in [-0.2, 0) is 0 Å². The van der Waals surface area contributed by atoms with E-state index in [2.05, 4.69) is 50.0 Å². The van der Waals surface area contributed by atoms with Crippen molar-refractivity contribution in [1.82, 2.24) is 35.8 Å². The first kappa shape index (κ1) is 27.4. The van der Waals surface area contributed by atoms with Crippen LogP contribution in [0, 0.1) is 11.7 Å². The highest BCUT2D eigenvalue weighted by Crippen LogP contribution is 2.33. The zero-order valence-electron chi connectivity index (χ0n) is 23.7. The number of halogens is 1. The summed E-state index contributed by atoms with van der Waals surface area (Å²) in [5, 5.41) is 15.5. The molecule has 0 saturated carbocycles.